The van der Waals surface area contributed by atoms with Crippen LogP contribution in [0.5, 0.6) is 11.6 Å². The van der Waals surface area contributed by atoms with E-state index in [0.29, 0.717) is 17.0 Å². The largest absolute Gasteiger partial charge is 0.508 e. The third kappa shape index (κ3) is 3.29. The molecule has 4 rings (SSSR count). The number of aryl methyl sites for hydroxylation is 1. The highest BCUT2D eigenvalue weighted by atomic mass is 32.2. The van der Waals surface area contributed by atoms with Crippen molar-refractivity contribution in [2.75, 3.05) is 6.26 Å². The number of thioether (sulfide) groups is 1. The van der Waals surface area contributed by atoms with Crippen LogP contribution in [-0.2, 0) is 0 Å². The minimum Gasteiger partial charge on any atom is -0.508 e. The molecule has 0 aliphatic heterocycles. The molecular weight excluding hydrogens is 396 g/mol. The fraction of sp³-hybridized carbons (Fsp3) is 0.143. The Morgan fingerprint density at radius 2 is 1.66 bits per heavy atom. The summed E-state index contributed by atoms with van der Waals surface area (Å²) in [5, 5.41) is 19.5. The number of rotatable bonds is 4. The number of aromatic hydroxyl groups is 2. The van der Waals surface area contributed by atoms with Crippen LogP contribution in [0.2, 0.25) is 0 Å². The number of hydrogen-bond donors (Lipinski definition) is 2. The Hall–Kier alpha value is -3.13. The quantitative estimate of drug-likeness (QED) is 0.501. The first-order valence-electron chi connectivity index (χ1n) is 8.75. The van der Waals surface area contributed by atoms with Crippen molar-refractivity contribution in [3.05, 3.63) is 77.2 Å². The molecule has 0 fully saturated rings. The number of aromatic nitrogens is 3. The van der Waals surface area contributed by atoms with Gasteiger partial charge in [-0.25, -0.2) is 18.7 Å². The first kappa shape index (κ1) is 19.2. The molecule has 8 heteroatoms. The number of halogens is 2. The lowest BCUT2D eigenvalue weighted by Gasteiger charge is -2.14. The zero-order valence-corrected chi connectivity index (χ0v) is 16.4. The molecular formula is C21H17F2N3O2S. The average molecular weight is 413 g/mol. The smallest absolute Gasteiger partial charge is 0.220 e. The molecule has 2 aromatic carbocycles. The van der Waals surface area contributed by atoms with E-state index < -0.39 is 16.9 Å². The molecule has 0 radical (unpaired) electrons. The maximum atomic E-state index is 14.4. The van der Waals surface area contributed by atoms with Crippen LogP contribution in [0.25, 0.3) is 16.9 Å². The third-order valence-electron chi connectivity index (χ3n) is 4.68. The summed E-state index contributed by atoms with van der Waals surface area (Å²) in [7, 11) is 0. The van der Waals surface area contributed by atoms with Gasteiger partial charge in [0.2, 0.25) is 5.88 Å². The van der Waals surface area contributed by atoms with E-state index >= 15 is 0 Å². The lowest BCUT2D eigenvalue weighted by Crippen LogP contribution is -2.04. The van der Waals surface area contributed by atoms with E-state index in [4.69, 9.17) is 0 Å². The van der Waals surface area contributed by atoms with Crippen molar-refractivity contribution in [3.8, 4) is 22.9 Å². The van der Waals surface area contributed by atoms with Crippen LogP contribution >= 0.6 is 11.8 Å². The Morgan fingerprint density at radius 3 is 2.28 bits per heavy atom. The fourth-order valence-corrected chi connectivity index (χ4v) is 4.12. The minimum absolute atomic E-state index is 0.133. The Morgan fingerprint density at radius 1 is 1.00 bits per heavy atom. The molecule has 148 valence electrons. The molecule has 4 aromatic rings. The molecule has 0 aliphatic rings. The van der Waals surface area contributed by atoms with Crippen molar-refractivity contribution in [1.29, 1.82) is 0 Å². The number of fused-ring (bicyclic) bond motifs is 1. The van der Waals surface area contributed by atoms with Crippen molar-refractivity contribution in [2.45, 2.75) is 12.2 Å². The fourth-order valence-electron chi connectivity index (χ4n) is 3.28. The predicted molar refractivity (Wildman–Crippen MR) is 108 cm³/mol. The van der Waals surface area contributed by atoms with Gasteiger partial charge in [-0.3, -0.25) is 4.40 Å². The second-order valence-corrected chi connectivity index (χ2v) is 7.47. The number of hydrogen-bond acceptors (Lipinski definition) is 5. The molecule has 2 N–H and O–H groups in total. The zero-order chi connectivity index (χ0) is 20.7. The monoisotopic (exact) mass is 413 g/mol. The number of phenolic OH excluding ortho intramolecular Hbond substituents is 1. The van der Waals surface area contributed by atoms with E-state index in [1.54, 1.807) is 43.6 Å². The summed E-state index contributed by atoms with van der Waals surface area (Å²) >= 11 is 1.18. The molecule has 0 aliphatic carbocycles. The van der Waals surface area contributed by atoms with Gasteiger partial charge in [0.15, 0.2) is 5.65 Å². The number of phenols is 1. The van der Waals surface area contributed by atoms with Crippen molar-refractivity contribution < 1.29 is 19.0 Å². The summed E-state index contributed by atoms with van der Waals surface area (Å²) in [4.78, 5) is 8.96. The first-order valence-corrected chi connectivity index (χ1v) is 10.0. The molecule has 0 bridgehead atoms. The van der Waals surface area contributed by atoms with Crippen LogP contribution in [0.15, 0.2) is 48.7 Å². The SMILES string of the molecule is CS[C@H](c1nc2c(C)nc(-c3ccc(O)cc3)cn2c1O)c1c(F)cccc1F. The molecule has 29 heavy (non-hydrogen) atoms. The van der Waals surface area contributed by atoms with Crippen LogP contribution in [0.1, 0.15) is 22.2 Å². The Kier molecular flexibility index (Phi) is 4.87. The van der Waals surface area contributed by atoms with Gasteiger partial charge in [0, 0.05) is 17.3 Å². The molecule has 0 saturated carbocycles. The van der Waals surface area contributed by atoms with E-state index in [2.05, 4.69) is 9.97 Å². The van der Waals surface area contributed by atoms with E-state index in [-0.39, 0.29) is 22.9 Å². The lowest BCUT2D eigenvalue weighted by molar-refractivity contribution is 0.441. The van der Waals surface area contributed by atoms with Gasteiger partial charge in [-0.1, -0.05) is 6.07 Å². The summed E-state index contributed by atoms with van der Waals surface area (Å²) in [6.45, 7) is 1.74. The van der Waals surface area contributed by atoms with Crippen LogP contribution in [0.4, 0.5) is 8.78 Å². The molecule has 5 nitrogen and oxygen atoms in total. The van der Waals surface area contributed by atoms with Crippen molar-refractivity contribution in [1.82, 2.24) is 14.4 Å². The summed E-state index contributed by atoms with van der Waals surface area (Å²) in [6.07, 6.45) is 3.31. The Labute approximate surface area is 169 Å². The van der Waals surface area contributed by atoms with E-state index in [9.17, 15) is 19.0 Å². The van der Waals surface area contributed by atoms with Gasteiger partial charge >= 0.3 is 0 Å². The summed E-state index contributed by atoms with van der Waals surface area (Å²) in [5.74, 6) is -1.46. The van der Waals surface area contributed by atoms with Gasteiger partial charge < -0.3 is 10.2 Å². The molecule has 0 unspecified atom stereocenters. The van der Waals surface area contributed by atoms with Gasteiger partial charge in [0.05, 0.1) is 16.6 Å². The van der Waals surface area contributed by atoms with E-state index in [1.165, 1.54) is 34.4 Å². The zero-order valence-electron chi connectivity index (χ0n) is 15.6. The van der Waals surface area contributed by atoms with Crippen LogP contribution in [0.3, 0.4) is 0 Å². The maximum Gasteiger partial charge on any atom is 0.220 e. The first-order chi connectivity index (χ1) is 13.9. The Bertz CT molecular complexity index is 1190. The number of imidazole rings is 1. The van der Waals surface area contributed by atoms with Gasteiger partial charge in [-0.15, -0.1) is 0 Å². The van der Waals surface area contributed by atoms with Gasteiger partial charge in [0.1, 0.15) is 23.1 Å². The van der Waals surface area contributed by atoms with Crippen LogP contribution < -0.4 is 0 Å². The summed E-state index contributed by atoms with van der Waals surface area (Å²) in [6, 6.07) is 10.2. The summed E-state index contributed by atoms with van der Waals surface area (Å²) < 4.78 is 30.2. The second-order valence-electron chi connectivity index (χ2n) is 6.52. The van der Waals surface area contributed by atoms with E-state index in [1.807, 2.05) is 0 Å². The maximum absolute atomic E-state index is 14.4. The average Bonchev–Trinajstić information content (AvgIpc) is 3.02. The molecule has 2 heterocycles. The number of benzene rings is 2. The normalized spacial score (nSPS) is 12.4. The molecule has 0 amide bonds. The van der Waals surface area contributed by atoms with Crippen molar-refractivity contribution in [3.63, 3.8) is 0 Å². The number of nitrogens with zero attached hydrogens (tertiary/aromatic N) is 3. The highest BCUT2D eigenvalue weighted by Crippen LogP contribution is 2.41. The third-order valence-corrected chi connectivity index (χ3v) is 5.61. The van der Waals surface area contributed by atoms with Gasteiger partial charge in [-0.2, -0.15) is 11.8 Å². The second kappa shape index (κ2) is 7.36. The van der Waals surface area contributed by atoms with Crippen LogP contribution in [-0.4, -0.2) is 30.8 Å². The van der Waals surface area contributed by atoms with Gasteiger partial charge in [-0.05, 0) is 49.6 Å². The lowest BCUT2D eigenvalue weighted by atomic mass is 10.1. The Balaban J connectivity index is 1.89. The molecule has 1 atom stereocenters. The molecule has 0 spiro atoms. The van der Waals surface area contributed by atoms with Crippen molar-refractivity contribution >= 4 is 17.4 Å². The van der Waals surface area contributed by atoms with Gasteiger partial charge in [0.25, 0.3) is 0 Å². The predicted octanol–water partition coefficient (Wildman–Crippen LogP) is 4.85. The van der Waals surface area contributed by atoms with Crippen LogP contribution in [0, 0.1) is 18.6 Å². The topological polar surface area (TPSA) is 70.7 Å². The highest BCUT2D eigenvalue weighted by Gasteiger charge is 2.28. The van der Waals surface area contributed by atoms with Crippen molar-refractivity contribution in [2.24, 2.45) is 0 Å². The van der Waals surface area contributed by atoms with E-state index in [0.717, 1.165) is 5.56 Å². The standard InChI is InChI=1S/C21H17F2N3O2S/c1-11-20-25-18(19(29-2)17-14(22)4-3-5-15(17)23)21(28)26(20)10-16(24-11)12-6-8-13(27)9-7-12/h3-10,19,27-28H,1-2H3/t19-/m0/s1. The highest BCUT2D eigenvalue weighted by molar-refractivity contribution is 7.99. The summed E-state index contributed by atoms with van der Waals surface area (Å²) in [5.41, 5.74) is 2.26. The molecule has 2 aromatic heterocycles. The molecule has 0 saturated heterocycles. The minimum atomic E-state index is -0.826.